The van der Waals surface area contributed by atoms with Crippen molar-refractivity contribution in [2.75, 3.05) is 0 Å². The minimum absolute atomic E-state index is 0.277. The first kappa shape index (κ1) is 9.13. The van der Waals surface area contributed by atoms with E-state index in [0.29, 0.717) is 0 Å². The summed E-state index contributed by atoms with van der Waals surface area (Å²) in [6, 6.07) is 7.80. The minimum Gasteiger partial charge on any atom is -0.386 e. The molecule has 64 valence electrons. The molecule has 0 aromatic heterocycles. The Hall–Kier alpha value is -0.960. The number of hydrogen-bond acceptors (Lipinski definition) is 3. The molecule has 0 fully saturated rings. The zero-order chi connectivity index (χ0) is 8.97. The number of carbonyl (C=O) groups is 1. The molecule has 0 amide bonds. The number of hydrogen-bond donors (Lipinski definition) is 0. The van der Waals surface area contributed by atoms with Crippen LogP contribution in [-0.2, 0) is 8.98 Å². The maximum Gasteiger partial charge on any atom is 0.315 e. The molecule has 12 heavy (non-hydrogen) atoms. The van der Waals surface area contributed by atoms with Crippen LogP contribution < -0.4 is 0 Å². The van der Waals surface area contributed by atoms with Gasteiger partial charge in [-0.15, -0.1) is 0 Å². The Morgan fingerprint density at radius 3 is 2.42 bits per heavy atom. The van der Waals surface area contributed by atoms with Gasteiger partial charge in [0.1, 0.15) is 0 Å². The largest absolute Gasteiger partial charge is 0.386 e. The van der Waals surface area contributed by atoms with Gasteiger partial charge in [0.15, 0.2) is 0 Å². The highest BCUT2D eigenvalue weighted by molar-refractivity contribution is 7.95. The van der Waals surface area contributed by atoms with Crippen LogP contribution in [0.3, 0.4) is 0 Å². The summed E-state index contributed by atoms with van der Waals surface area (Å²) in [5.74, 6) is -0.277. The van der Waals surface area contributed by atoms with E-state index in [1.807, 2.05) is 31.2 Å². The van der Waals surface area contributed by atoms with Gasteiger partial charge in [-0.3, -0.25) is 4.79 Å². The van der Waals surface area contributed by atoms with E-state index in [1.54, 1.807) is 0 Å². The molecule has 0 aliphatic rings. The molecule has 0 saturated heterocycles. The van der Waals surface area contributed by atoms with Crippen molar-refractivity contribution in [3.63, 3.8) is 0 Å². The molecule has 0 aliphatic heterocycles. The van der Waals surface area contributed by atoms with E-state index in [2.05, 4.69) is 0 Å². The maximum atomic E-state index is 10.4. The van der Waals surface area contributed by atoms with Gasteiger partial charge in [-0.25, -0.2) is 0 Å². The Labute approximate surface area is 76.1 Å². The van der Waals surface area contributed by atoms with E-state index >= 15 is 0 Å². The summed E-state index contributed by atoms with van der Waals surface area (Å²) < 4.78 is 4.75. The van der Waals surface area contributed by atoms with Crippen LogP contribution in [0.4, 0.5) is 0 Å². The standard InChI is InChI=1S/C9H10O2S/c1-7-3-5-9(6-4-7)12-11-8(2)10/h3-6H,1-2H3. The normalized spacial score (nSPS) is 9.50. The second-order valence-corrected chi connectivity index (χ2v) is 3.28. The van der Waals surface area contributed by atoms with E-state index in [9.17, 15) is 4.79 Å². The summed E-state index contributed by atoms with van der Waals surface area (Å²) in [7, 11) is 0. The van der Waals surface area contributed by atoms with Crippen molar-refractivity contribution in [1.29, 1.82) is 0 Å². The van der Waals surface area contributed by atoms with Gasteiger partial charge in [-0.2, -0.15) is 0 Å². The molecule has 1 rings (SSSR count). The third kappa shape index (κ3) is 2.96. The van der Waals surface area contributed by atoms with Crippen LogP contribution >= 0.6 is 12.0 Å². The number of benzene rings is 1. The summed E-state index contributed by atoms with van der Waals surface area (Å²) >= 11 is 1.09. The third-order valence-corrected chi connectivity index (χ3v) is 2.06. The first-order chi connectivity index (χ1) is 5.68. The van der Waals surface area contributed by atoms with E-state index in [4.69, 9.17) is 4.18 Å². The van der Waals surface area contributed by atoms with Crippen LogP contribution in [0.15, 0.2) is 29.2 Å². The van der Waals surface area contributed by atoms with Gasteiger partial charge in [-0.1, -0.05) is 17.7 Å². The van der Waals surface area contributed by atoms with Crippen molar-refractivity contribution in [2.24, 2.45) is 0 Å². The topological polar surface area (TPSA) is 26.3 Å². The molecule has 2 nitrogen and oxygen atoms in total. The lowest BCUT2D eigenvalue weighted by molar-refractivity contribution is -0.130. The molecule has 0 aliphatic carbocycles. The highest BCUT2D eigenvalue weighted by atomic mass is 32.2. The van der Waals surface area contributed by atoms with Crippen LogP contribution in [0.2, 0.25) is 0 Å². The highest BCUT2D eigenvalue weighted by Gasteiger charge is 1.96. The summed E-state index contributed by atoms with van der Waals surface area (Å²) in [6.07, 6.45) is 0. The Kier molecular flexibility index (Phi) is 3.17. The Morgan fingerprint density at radius 2 is 1.92 bits per heavy atom. The zero-order valence-corrected chi connectivity index (χ0v) is 7.85. The van der Waals surface area contributed by atoms with E-state index < -0.39 is 0 Å². The van der Waals surface area contributed by atoms with Crippen LogP contribution in [0.1, 0.15) is 12.5 Å². The minimum atomic E-state index is -0.277. The van der Waals surface area contributed by atoms with Gasteiger partial charge < -0.3 is 4.18 Å². The second-order valence-electron chi connectivity index (χ2n) is 2.47. The fraction of sp³-hybridized carbons (Fsp3) is 0.222. The first-order valence-electron chi connectivity index (χ1n) is 3.60. The molecule has 3 heteroatoms. The zero-order valence-electron chi connectivity index (χ0n) is 7.03. The smallest absolute Gasteiger partial charge is 0.315 e. The van der Waals surface area contributed by atoms with Gasteiger partial charge in [0.25, 0.3) is 0 Å². The predicted molar refractivity (Wildman–Crippen MR) is 48.8 cm³/mol. The molecular weight excluding hydrogens is 172 g/mol. The van der Waals surface area contributed by atoms with Crippen LogP contribution in [0.25, 0.3) is 0 Å². The Bertz CT molecular complexity index is 266. The summed E-state index contributed by atoms with van der Waals surface area (Å²) in [4.78, 5) is 11.4. The van der Waals surface area contributed by atoms with Crippen molar-refractivity contribution in [3.05, 3.63) is 29.8 Å². The first-order valence-corrected chi connectivity index (χ1v) is 4.34. The van der Waals surface area contributed by atoms with Crippen molar-refractivity contribution >= 4 is 18.0 Å². The summed E-state index contributed by atoms with van der Waals surface area (Å²) in [5, 5.41) is 0. The van der Waals surface area contributed by atoms with Gasteiger partial charge >= 0.3 is 5.97 Å². The SMILES string of the molecule is CC(=O)OSc1ccc(C)cc1. The van der Waals surface area contributed by atoms with Crippen LogP contribution in [0.5, 0.6) is 0 Å². The molecule has 0 atom stereocenters. The van der Waals surface area contributed by atoms with Gasteiger partial charge in [-0.05, 0) is 19.1 Å². The number of rotatable bonds is 2. The van der Waals surface area contributed by atoms with Crippen molar-refractivity contribution < 1.29 is 8.98 Å². The lowest BCUT2D eigenvalue weighted by Gasteiger charge is -1.98. The molecule has 0 saturated carbocycles. The van der Waals surface area contributed by atoms with Gasteiger partial charge in [0, 0.05) is 11.8 Å². The Balaban J connectivity index is 2.53. The van der Waals surface area contributed by atoms with Crippen LogP contribution in [-0.4, -0.2) is 5.97 Å². The molecular formula is C9H10O2S. The van der Waals surface area contributed by atoms with E-state index in [0.717, 1.165) is 16.9 Å². The molecule has 0 radical (unpaired) electrons. The van der Waals surface area contributed by atoms with Crippen molar-refractivity contribution in [1.82, 2.24) is 0 Å². The molecule has 1 aromatic carbocycles. The van der Waals surface area contributed by atoms with Crippen LogP contribution in [0, 0.1) is 6.92 Å². The van der Waals surface area contributed by atoms with Gasteiger partial charge in [0.2, 0.25) is 0 Å². The monoisotopic (exact) mass is 182 g/mol. The second kappa shape index (κ2) is 4.16. The maximum absolute atomic E-state index is 10.4. The molecule has 0 N–H and O–H groups in total. The highest BCUT2D eigenvalue weighted by Crippen LogP contribution is 2.18. The number of aryl methyl sites for hydroxylation is 1. The lowest BCUT2D eigenvalue weighted by atomic mass is 10.2. The van der Waals surface area contributed by atoms with E-state index in [1.165, 1.54) is 12.5 Å². The quantitative estimate of drug-likeness (QED) is 0.657. The summed E-state index contributed by atoms with van der Waals surface area (Å²) in [5.41, 5.74) is 1.20. The fourth-order valence-electron chi connectivity index (χ4n) is 0.701. The average Bonchev–Trinajstić information content (AvgIpc) is 2.03. The van der Waals surface area contributed by atoms with Crippen molar-refractivity contribution in [2.45, 2.75) is 18.7 Å². The fourth-order valence-corrected chi connectivity index (χ4v) is 1.16. The Morgan fingerprint density at radius 1 is 1.33 bits per heavy atom. The summed E-state index contributed by atoms with van der Waals surface area (Å²) in [6.45, 7) is 3.40. The predicted octanol–water partition coefficient (Wildman–Crippen LogP) is 2.57. The average molecular weight is 182 g/mol. The molecule has 0 bridgehead atoms. The molecule has 0 unspecified atom stereocenters. The molecule has 0 heterocycles. The van der Waals surface area contributed by atoms with Gasteiger partial charge in [0.05, 0.1) is 12.0 Å². The molecule has 1 aromatic rings. The number of carbonyl (C=O) groups excluding carboxylic acids is 1. The molecule has 0 spiro atoms. The third-order valence-electron chi connectivity index (χ3n) is 1.28. The van der Waals surface area contributed by atoms with E-state index in [-0.39, 0.29) is 5.97 Å². The lowest BCUT2D eigenvalue weighted by Crippen LogP contribution is -1.88. The van der Waals surface area contributed by atoms with Crippen molar-refractivity contribution in [3.8, 4) is 0 Å².